The molecule has 2 aromatic carbocycles. The Hall–Kier alpha value is -1.61. The molecular weight excluding hydrogens is 242 g/mol. The van der Waals surface area contributed by atoms with Gasteiger partial charge in [-0.15, -0.1) is 0 Å². The molecule has 0 atom stereocenters. The lowest BCUT2D eigenvalue weighted by Crippen LogP contribution is -1.93. The minimum absolute atomic E-state index is 0.704. The van der Waals surface area contributed by atoms with Gasteiger partial charge in [0.1, 0.15) is 5.75 Å². The van der Waals surface area contributed by atoms with Crippen molar-refractivity contribution >= 4 is 17.4 Å². The van der Waals surface area contributed by atoms with Gasteiger partial charge in [-0.1, -0.05) is 36.4 Å². The maximum atomic E-state index is 5.88. The molecule has 3 heteroatoms. The monoisotopic (exact) mass is 259 g/mol. The van der Waals surface area contributed by atoms with E-state index < -0.39 is 0 Å². The highest BCUT2D eigenvalue weighted by molar-refractivity contribution is 7.97. The number of nitrogens with two attached hydrogens (primary N) is 1. The zero-order valence-electron chi connectivity index (χ0n) is 10.4. The van der Waals surface area contributed by atoms with Gasteiger partial charge in [-0.05, 0) is 23.3 Å². The Bertz CT molecular complexity index is 499. The molecule has 0 bridgehead atoms. The van der Waals surface area contributed by atoms with Gasteiger partial charge >= 0.3 is 0 Å². The lowest BCUT2D eigenvalue weighted by atomic mass is 10.2. The average molecular weight is 259 g/mol. The summed E-state index contributed by atoms with van der Waals surface area (Å²) in [4.78, 5) is 0. The van der Waals surface area contributed by atoms with Crippen LogP contribution in [0, 0.1) is 0 Å². The highest BCUT2D eigenvalue weighted by Crippen LogP contribution is 2.25. The second kappa shape index (κ2) is 6.36. The molecule has 0 aliphatic heterocycles. The molecule has 2 nitrogen and oxygen atoms in total. The van der Waals surface area contributed by atoms with Crippen LogP contribution in [0.2, 0.25) is 0 Å². The van der Waals surface area contributed by atoms with E-state index in [1.54, 1.807) is 7.11 Å². The summed E-state index contributed by atoms with van der Waals surface area (Å²) in [6, 6.07) is 16.4. The standard InChI is InChI=1S/C15H17NOS/c1-17-15-8-7-13(9-14(15)16)11-18-10-12-5-3-2-4-6-12/h2-9H,10-11,16H2,1H3. The zero-order valence-corrected chi connectivity index (χ0v) is 11.2. The smallest absolute Gasteiger partial charge is 0.141 e. The second-order valence-corrected chi connectivity index (χ2v) is 5.04. The lowest BCUT2D eigenvalue weighted by molar-refractivity contribution is 0.417. The SMILES string of the molecule is COc1ccc(CSCc2ccccc2)cc1N. The molecule has 0 aliphatic carbocycles. The van der Waals surface area contributed by atoms with Crippen molar-refractivity contribution in [2.75, 3.05) is 12.8 Å². The van der Waals surface area contributed by atoms with Crippen molar-refractivity contribution in [1.29, 1.82) is 0 Å². The first-order chi connectivity index (χ1) is 8.79. The van der Waals surface area contributed by atoms with E-state index in [4.69, 9.17) is 10.5 Å². The molecule has 2 N–H and O–H groups in total. The number of ether oxygens (including phenoxy) is 1. The summed E-state index contributed by atoms with van der Waals surface area (Å²) < 4.78 is 5.14. The topological polar surface area (TPSA) is 35.2 Å². The van der Waals surface area contributed by atoms with Crippen molar-refractivity contribution in [2.24, 2.45) is 0 Å². The van der Waals surface area contributed by atoms with E-state index >= 15 is 0 Å². The van der Waals surface area contributed by atoms with Gasteiger partial charge in [0.25, 0.3) is 0 Å². The van der Waals surface area contributed by atoms with Crippen molar-refractivity contribution in [3.63, 3.8) is 0 Å². The average Bonchev–Trinajstić information content (AvgIpc) is 2.40. The summed E-state index contributed by atoms with van der Waals surface area (Å²) in [5.41, 5.74) is 9.17. The molecule has 2 rings (SSSR count). The fraction of sp³-hybridized carbons (Fsp3) is 0.200. The molecule has 0 heterocycles. The summed E-state index contributed by atoms with van der Waals surface area (Å²) in [7, 11) is 1.63. The Morgan fingerprint density at radius 1 is 1.00 bits per heavy atom. The summed E-state index contributed by atoms with van der Waals surface area (Å²) in [6.07, 6.45) is 0. The molecule has 0 aromatic heterocycles. The Kier molecular flexibility index (Phi) is 4.53. The quantitative estimate of drug-likeness (QED) is 0.831. The maximum Gasteiger partial charge on any atom is 0.141 e. The number of nitrogen functional groups attached to an aromatic ring is 1. The third kappa shape index (κ3) is 3.44. The fourth-order valence-corrected chi connectivity index (χ4v) is 2.68. The van der Waals surface area contributed by atoms with Crippen LogP contribution in [0.4, 0.5) is 5.69 Å². The van der Waals surface area contributed by atoms with Crippen LogP contribution < -0.4 is 10.5 Å². The van der Waals surface area contributed by atoms with Crippen LogP contribution in [-0.4, -0.2) is 7.11 Å². The summed E-state index contributed by atoms with van der Waals surface area (Å²) in [6.45, 7) is 0. The number of thioether (sulfide) groups is 1. The van der Waals surface area contributed by atoms with Gasteiger partial charge in [0.15, 0.2) is 0 Å². The minimum Gasteiger partial charge on any atom is -0.495 e. The van der Waals surface area contributed by atoms with Crippen LogP contribution in [-0.2, 0) is 11.5 Å². The van der Waals surface area contributed by atoms with Crippen molar-refractivity contribution in [3.8, 4) is 5.75 Å². The fourth-order valence-electron chi connectivity index (χ4n) is 1.73. The molecular formula is C15H17NOS. The molecule has 0 aliphatic rings. The van der Waals surface area contributed by atoms with Gasteiger partial charge < -0.3 is 10.5 Å². The molecule has 0 radical (unpaired) electrons. The van der Waals surface area contributed by atoms with Gasteiger partial charge in [0, 0.05) is 11.5 Å². The van der Waals surface area contributed by atoms with Crippen molar-refractivity contribution in [3.05, 3.63) is 59.7 Å². The van der Waals surface area contributed by atoms with E-state index in [1.807, 2.05) is 30.0 Å². The minimum atomic E-state index is 0.704. The lowest BCUT2D eigenvalue weighted by Gasteiger charge is -2.07. The third-order valence-corrected chi connectivity index (χ3v) is 3.75. The van der Waals surface area contributed by atoms with Gasteiger partial charge in [0.05, 0.1) is 12.8 Å². The van der Waals surface area contributed by atoms with E-state index in [-0.39, 0.29) is 0 Å². The third-order valence-electron chi connectivity index (χ3n) is 2.67. The Morgan fingerprint density at radius 3 is 2.39 bits per heavy atom. The highest BCUT2D eigenvalue weighted by atomic mass is 32.2. The van der Waals surface area contributed by atoms with E-state index in [0.717, 1.165) is 17.3 Å². The first-order valence-corrected chi connectivity index (χ1v) is 6.99. The van der Waals surface area contributed by atoms with E-state index in [2.05, 4.69) is 30.3 Å². The van der Waals surface area contributed by atoms with Crippen LogP contribution >= 0.6 is 11.8 Å². The van der Waals surface area contributed by atoms with Crippen LogP contribution in [0.25, 0.3) is 0 Å². The summed E-state index contributed by atoms with van der Waals surface area (Å²) >= 11 is 1.89. The van der Waals surface area contributed by atoms with Crippen molar-refractivity contribution in [1.82, 2.24) is 0 Å². The normalized spacial score (nSPS) is 10.3. The van der Waals surface area contributed by atoms with Crippen molar-refractivity contribution in [2.45, 2.75) is 11.5 Å². The Labute approximate surface area is 112 Å². The number of methoxy groups -OCH3 is 1. The van der Waals surface area contributed by atoms with Crippen LogP contribution in [0.3, 0.4) is 0 Å². The molecule has 0 fully saturated rings. The van der Waals surface area contributed by atoms with Gasteiger partial charge in [-0.3, -0.25) is 0 Å². The molecule has 0 saturated heterocycles. The first kappa shape index (κ1) is 12.8. The Morgan fingerprint density at radius 2 is 1.72 bits per heavy atom. The van der Waals surface area contributed by atoms with E-state index in [0.29, 0.717) is 5.69 Å². The number of hydrogen-bond acceptors (Lipinski definition) is 3. The highest BCUT2D eigenvalue weighted by Gasteiger charge is 2.01. The molecule has 18 heavy (non-hydrogen) atoms. The molecule has 2 aromatic rings. The predicted molar refractivity (Wildman–Crippen MR) is 78.8 cm³/mol. The predicted octanol–water partition coefficient (Wildman–Crippen LogP) is 3.71. The number of benzene rings is 2. The van der Waals surface area contributed by atoms with Gasteiger partial charge in [-0.25, -0.2) is 0 Å². The molecule has 0 amide bonds. The first-order valence-electron chi connectivity index (χ1n) is 5.83. The van der Waals surface area contributed by atoms with E-state index in [1.165, 1.54) is 11.1 Å². The van der Waals surface area contributed by atoms with Gasteiger partial charge in [0.2, 0.25) is 0 Å². The number of anilines is 1. The summed E-state index contributed by atoms with van der Waals surface area (Å²) in [5.74, 6) is 2.72. The van der Waals surface area contributed by atoms with Crippen LogP contribution in [0.15, 0.2) is 48.5 Å². The molecule has 0 unspecified atom stereocenters. The maximum absolute atomic E-state index is 5.88. The summed E-state index contributed by atoms with van der Waals surface area (Å²) in [5, 5.41) is 0. The molecule has 0 saturated carbocycles. The second-order valence-electron chi connectivity index (χ2n) is 4.05. The van der Waals surface area contributed by atoms with Gasteiger partial charge in [-0.2, -0.15) is 11.8 Å². The largest absolute Gasteiger partial charge is 0.495 e. The van der Waals surface area contributed by atoms with E-state index in [9.17, 15) is 0 Å². The molecule has 94 valence electrons. The number of hydrogen-bond donors (Lipinski definition) is 1. The Balaban J connectivity index is 1.89. The number of rotatable bonds is 5. The van der Waals surface area contributed by atoms with Crippen LogP contribution in [0.5, 0.6) is 5.75 Å². The zero-order chi connectivity index (χ0) is 12.8. The molecule has 0 spiro atoms. The van der Waals surface area contributed by atoms with Crippen LogP contribution in [0.1, 0.15) is 11.1 Å². The van der Waals surface area contributed by atoms with Crippen molar-refractivity contribution < 1.29 is 4.74 Å².